The SMILES string of the molecule is CCNC(C)(C)C(=O)N1CC(CC)CCC1C. The third-order valence-electron chi connectivity index (χ3n) is 3.97. The molecule has 3 heteroatoms. The van der Waals surface area contributed by atoms with Gasteiger partial charge in [-0.3, -0.25) is 4.79 Å². The zero-order valence-corrected chi connectivity index (χ0v) is 12.0. The fourth-order valence-electron chi connectivity index (χ4n) is 2.68. The molecule has 0 aromatic rings. The Labute approximate surface area is 106 Å². The zero-order valence-electron chi connectivity index (χ0n) is 12.0. The van der Waals surface area contributed by atoms with Crippen molar-refractivity contribution in [2.24, 2.45) is 5.92 Å². The monoisotopic (exact) mass is 240 g/mol. The molecule has 100 valence electrons. The fraction of sp³-hybridized carbons (Fsp3) is 0.929. The van der Waals surface area contributed by atoms with Crippen LogP contribution in [-0.2, 0) is 4.79 Å². The van der Waals surface area contributed by atoms with Crippen molar-refractivity contribution in [2.75, 3.05) is 13.1 Å². The average Bonchev–Trinajstić information content (AvgIpc) is 2.28. The Balaban J connectivity index is 2.72. The Morgan fingerprint density at radius 3 is 2.53 bits per heavy atom. The number of amides is 1. The van der Waals surface area contributed by atoms with Gasteiger partial charge >= 0.3 is 0 Å². The van der Waals surface area contributed by atoms with Crippen molar-refractivity contribution in [2.45, 2.75) is 65.5 Å². The molecule has 0 aromatic carbocycles. The van der Waals surface area contributed by atoms with Crippen LogP contribution in [0.3, 0.4) is 0 Å². The van der Waals surface area contributed by atoms with E-state index in [-0.39, 0.29) is 5.91 Å². The van der Waals surface area contributed by atoms with Gasteiger partial charge in [0, 0.05) is 12.6 Å². The van der Waals surface area contributed by atoms with Gasteiger partial charge in [0.25, 0.3) is 0 Å². The number of nitrogens with one attached hydrogen (secondary N) is 1. The first-order valence-corrected chi connectivity index (χ1v) is 6.98. The van der Waals surface area contributed by atoms with Gasteiger partial charge in [-0.25, -0.2) is 0 Å². The lowest BCUT2D eigenvalue weighted by atomic mass is 9.89. The van der Waals surface area contributed by atoms with E-state index in [0.717, 1.165) is 19.5 Å². The van der Waals surface area contributed by atoms with Gasteiger partial charge < -0.3 is 10.2 Å². The molecule has 3 nitrogen and oxygen atoms in total. The normalized spacial score (nSPS) is 26.1. The topological polar surface area (TPSA) is 32.3 Å². The van der Waals surface area contributed by atoms with Crippen LogP contribution in [0.15, 0.2) is 0 Å². The molecule has 0 saturated carbocycles. The molecule has 2 atom stereocenters. The van der Waals surface area contributed by atoms with Crippen molar-refractivity contribution in [1.29, 1.82) is 0 Å². The highest BCUT2D eigenvalue weighted by molar-refractivity contribution is 5.85. The van der Waals surface area contributed by atoms with Crippen molar-refractivity contribution < 1.29 is 4.79 Å². The minimum atomic E-state index is -0.432. The number of nitrogens with zero attached hydrogens (tertiary/aromatic N) is 1. The molecular weight excluding hydrogens is 212 g/mol. The number of likely N-dealkylation sites (tertiary alicyclic amines) is 1. The van der Waals surface area contributed by atoms with Crippen molar-refractivity contribution in [3.05, 3.63) is 0 Å². The number of rotatable bonds is 4. The molecule has 0 spiro atoms. The molecule has 0 radical (unpaired) electrons. The van der Waals surface area contributed by atoms with E-state index >= 15 is 0 Å². The number of carbonyl (C=O) groups is 1. The smallest absolute Gasteiger partial charge is 0.242 e. The molecule has 0 aliphatic carbocycles. The lowest BCUT2D eigenvalue weighted by molar-refractivity contribution is -0.141. The third kappa shape index (κ3) is 3.44. The molecule has 2 unspecified atom stereocenters. The second kappa shape index (κ2) is 5.85. The first kappa shape index (κ1) is 14.5. The van der Waals surface area contributed by atoms with E-state index < -0.39 is 5.54 Å². The van der Waals surface area contributed by atoms with Crippen LogP contribution in [0.25, 0.3) is 0 Å². The van der Waals surface area contributed by atoms with Gasteiger partial charge in [0.2, 0.25) is 5.91 Å². The third-order valence-corrected chi connectivity index (χ3v) is 3.97. The maximum absolute atomic E-state index is 12.5. The van der Waals surface area contributed by atoms with Crippen molar-refractivity contribution in [1.82, 2.24) is 10.2 Å². The molecular formula is C14H28N2O. The van der Waals surface area contributed by atoms with Crippen molar-refractivity contribution in [3.8, 4) is 0 Å². The van der Waals surface area contributed by atoms with Crippen LogP contribution in [0.4, 0.5) is 0 Å². The van der Waals surface area contributed by atoms with Gasteiger partial charge in [-0.1, -0.05) is 20.3 Å². The van der Waals surface area contributed by atoms with Gasteiger partial charge in [0.1, 0.15) is 0 Å². The van der Waals surface area contributed by atoms with E-state index in [9.17, 15) is 4.79 Å². The number of likely N-dealkylation sites (N-methyl/N-ethyl adjacent to an activating group) is 1. The highest BCUT2D eigenvalue weighted by Crippen LogP contribution is 2.26. The molecule has 1 N–H and O–H groups in total. The lowest BCUT2D eigenvalue weighted by Gasteiger charge is -2.42. The summed E-state index contributed by atoms with van der Waals surface area (Å²) < 4.78 is 0. The minimum Gasteiger partial charge on any atom is -0.338 e. The van der Waals surface area contributed by atoms with Crippen LogP contribution in [-0.4, -0.2) is 35.5 Å². The average molecular weight is 240 g/mol. The van der Waals surface area contributed by atoms with Gasteiger partial charge in [0.15, 0.2) is 0 Å². The van der Waals surface area contributed by atoms with E-state index in [1.54, 1.807) is 0 Å². The fourth-order valence-corrected chi connectivity index (χ4v) is 2.68. The Morgan fingerprint density at radius 1 is 1.35 bits per heavy atom. The van der Waals surface area contributed by atoms with E-state index in [2.05, 4.69) is 24.1 Å². The first-order valence-electron chi connectivity index (χ1n) is 6.98. The van der Waals surface area contributed by atoms with Gasteiger partial charge in [0.05, 0.1) is 5.54 Å². The summed E-state index contributed by atoms with van der Waals surface area (Å²) in [7, 11) is 0. The summed E-state index contributed by atoms with van der Waals surface area (Å²) in [5.74, 6) is 0.942. The maximum Gasteiger partial charge on any atom is 0.242 e. The summed E-state index contributed by atoms with van der Waals surface area (Å²) in [5, 5.41) is 3.28. The second-order valence-corrected chi connectivity index (χ2v) is 5.81. The molecule has 1 rings (SSSR count). The van der Waals surface area contributed by atoms with Crippen LogP contribution >= 0.6 is 0 Å². The number of hydrogen-bond donors (Lipinski definition) is 1. The molecule has 17 heavy (non-hydrogen) atoms. The first-order chi connectivity index (χ1) is 7.92. The van der Waals surface area contributed by atoms with E-state index in [0.29, 0.717) is 12.0 Å². The molecule has 1 saturated heterocycles. The van der Waals surface area contributed by atoms with Gasteiger partial charge in [-0.15, -0.1) is 0 Å². The molecule has 0 aromatic heterocycles. The Kier molecular flexibility index (Phi) is 4.99. The van der Waals surface area contributed by atoms with Crippen molar-refractivity contribution >= 4 is 5.91 Å². The van der Waals surface area contributed by atoms with Gasteiger partial charge in [-0.05, 0) is 46.1 Å². The van der Waals surface area contributed by atoms with Crippen LogP contribution in [0.5, 0.6) is 0 Å². The largest absolute Gasteiger partial charge is 0.338 e. The van der Waals surface area contributed by atoms with E-state index in [4.69, 9.17) is 0 Å². The van der Waals surface area contributed by atoms with E-state index in [1.807, 2.05) is 20.8 Å². The summed E-state index contributed by atoms with van der Waals surface area (Å²) in [6, 6.07) is 0.392. The highest BCUT2D eigenvalue weighted by Gasteiger charge is 2.36. The minimum absolute atomic E-state index is 0.255. The second-order valence-electron chi connectivity index (χ2n) is 5.81. The standard InChI is InChI=1S/C14H28N2O/c1-6-12-9-8-11(3)16(10-12)13(17)14(4,5)15-7-2/h11-12,15H,6-10H2,1-5H3. The van der Waals surface area contributed by atoms with Crippen LogP contribution in [0, 0.1) is 5.92 Å². The molecule has 1 amide bonds. The zero-order chi connectivity index (χ0) is 13.1. The summed E-state index contributed by atoms with van der Waals surface area (Å²) >= 11 is 0. The summed E-state index contributed by atoms with van der Waals surface area (Å²) in [6.45, 7) is 12.2. The Hall–Kier alpha value is -0.570. The number of piperidine rings is 1. The molecule has 1 heterocycles. The summed E-state index contributed by atoms with van der Waals surface area (Å²) in [6.07, 6.45) is 3.59. The molecule has 0 bridgehead atoms. The van der Waals surface area contributed by atoms with Gasteiger partial charge in [-0.2, -0.15) is 0 Å². The Bertz CT molecular complexity index is 263. The van der Waals surface area contributed by atoms with Crippen LogP contribution in [0.2, 0.25) is 0 Å². The van der Waals surface area contributed by atoms with Crippen molar-refractivity contribution in [3.63, 3.8) is 0 Å². The maximum atomic E-state index is 12.5. The quantitative estimate of drug-likeness (QED) is 0.818. The predicted molar refractivity (Wildman–Crippen MR) is 71.9 cm³/mol. The number of carbonyl (C=O) groups excluding carboxylic acids is 1. The Morgan fingerprint density at radius 2 is 2.00 bits per heavy atom. The highest BCUT2D eigenvalue weighted by atomic mass is 16.2. The molecule has 1 fully saturated rings. The molecule has 1 aliphatic heterocycles. The predicted octanol–water partition coefficient (Wildman–Crippen LogP) is 2.41. The van der Waals surface area contributed by atoms with E-state index in [1.165, 1.54) is 12.8 Å². The summed E-state index contributed by atoms with van der Waals surface area (Å²) in [4.78, 5) is 14.6. The van der Waals surface area contributed by atoms with Crippen LogP contribution in [0.1, 0.15) is 53.9 Å². The lowest BCUT2D eigenvalue weighted by Crippen LogP contribution is -2.58. The summed E-state index contributed by atoms with van der Waals surface area (Å²) in [5.41, 5.74) is -0.432. The number of hydrogen-bond acceptors (Lipinski definition) is 2. The molecule has 1 aliphatic rings. The van der Waals surface area contributed by atoms with Crippen LogP contribution < -0.4 is 5.32 Å².